The number of aromatic nitrogens is 3. The number of nitrogens with zero attached hydrogens (tertiary/aromatic N) is 5. The molecule has 0 unspecified atom stereocenters. The molecule has 0 spiro atoms. The third-order valence-electron chi connectivity index (χ3n) is 5.70. The molecule has 1 saturated carbocycles. The van der Waals surface area contributed by atoms with Crippen LogP contribution in [-0.4, -0.2) is 74.1 Å². The summed E-state index contributed by atoms with van der Waals surface area (Å²) in [5.74, 6) is 0.0987. The Bertz CT molecular complexity index is 1120. The first-order valence-corrected chi connectivity index (χ1v) is 11.8. The van der Waals surface area contributed by atoms with Crippen molar-refractivity contribution in [3.05, 3.63) is 41.1 Å². The molecule has 31 heavy (non-hydrogen) atoms. The number of carbonyl (C=O) groups excluding carboxylic acids is 1. The fourth-order valence-electron chi connectivity index (χ4n) is 3.82. The van der Waals surface area contributed by atoms with Crippen LogP contribution < -0.4 is 4.90 Å². The lowest BCUT2D eigenvalue weighted by molar-refractivity contribution is 0.0818. The first kappa shape index (κ1) is 21.9. The second-order valence-corrected chi connectivity index (χ2v) is 10.6. The van der Waals surface area contributed by atoms with Gasteiger partial charge in [-0.1, -0.05) is 0 Å². The maximum Gasteiger partial charge on any atom is 0.273 e. The van der Waals surface area contributed by atoms with Crippen molar-refractivity contribution in [3.63, 3.8) is 0 Å². The molecule has 11 heteroatoms. The Kier molecular flexibility index (Phi) is 5.65. The van der Waals surface area contributed by atoms with Crippen molar-refractivity contribution in [2.45, 2.75) is 35.4 Å². The van der Waals surface area contributed by atoms with Gasteiger partial charge in [-0.2, -0.15) is 0 Å². The standard InChI is InChI=1S/C20H24ClN5O4S/c1-13-12-30-10-9-26(13)16-11-15(23-19(21)24-16)20(6-7-20)31(28,29)14-5-4-8-22-17(14)18(27)25(2)3/h4-5,8,11,13H,6-7,9-10,12H2,1-3H3/t13-/m0/s1. The van der Waals surface area contributed by atoms with Crippen LogP contribution in [-0.2, 0) is 19.3 Å². The highest BCUT2D eigenvalue weighted by molar-refractivity contribution is 7.92. The summed E-state index contributed by atoms with van der Waals surface area (Å²) in [7, 11) is -0.858. The minimum atomic E-state index is -3.97. The third kappa shape index (κ3) is 3.77. The summed E-state index contributed by atoms with van der Waals surface area (Å²) in [6.07, 6.45) is 2.17. The number of rotatable bonds is 5. The predicted octanol–water partition coefficient (Wildman–Crippen LogP) is 1.91. The number of morpholine rings is 1. The molecule has 2 aromatic rings. The van der Waals surface area contributed by atoms with E-state index in [-0.39, 0.29) is 21.9 Å². The highest BCUT2D eigenvalue weighted by atomic mass is 35.5. The molecule has 0 radical (unpaired) electrons. The highest BCUT2D eigenvalue weighted by Gasteiger charge is 2.59. The second-order valence-electron chi connectivity index (χ2n) is 8.05. The smallest absolute Gasteiger partial charge is 0.273 e. The van der Waals surface area contributed by atoms with Crippen LogP contribution in [0.1, 0.15) is 35.9 Å². The number of amides is 1. The molecular weight excluding hydrogens is 442 g/mol. The number of halogens is 1. The Morgan fingerprint density at radius 1 is 1.32 bits per heavy atom. The molecule has 2 aliphatic rings. The van der Waals surface area contributed by atoms with Crippen LogP contribution in [0.2, 0.25) is 5.28 Å². The Hall–Kier alpha value is -2.30. The maximum absolute atomic E-state index is 13.8. The average Bonchev–Trinajstić information content (AvgIpc) is 3.56. The normalized spacial score (nSPS) is 20.4. The molecule has 1 saturated heterocycles. The summed E-state index contributed by atoms with van der Waals surface area (Å²) in [5.41, 5.74) is 0.245. The number of sulfone groups is 1. The summed E-state index contributed by atoms with van der Waals surface area (Å²) in [4.78, 5) is 28.5. The molecule has 0 N–H and O–H groups in total. The van der Waals surface area contributed by atoms with Gasteiger partial charge in [-0.05, 0) is 43.5 Å². The van der Waals surface area contributed by atoms with Gasteiger partial charge in [-0.3, -0.25) is 4.79 Å². The summed E-state index contributed by atoms with van der Waals surface area (Å²) in [6.45, 7) is 3.73. The molecule has 1 aliphatic carbocycles. The molecule has 2 aromatic heterocycles. The van der Waals surface area contributed by atoms with Crippen molar-refractivity contribution in [3.8, 4) is 0 Å². The van der Waals surface area contributed by atoms with Crippen LogP contribution >= 0.6 is 11.6 Å². The van der Waals surface area contributed by atoms with E-state index >= 15 is 0 Å². The van der Waals surface area contributed by atoms with E-state index in [1.54, 1.807) is 20.2 Å². The Morgan fingerprint density at radius 3 is 2.71 bits per heavy atom. The first-order chi connectivity index (χ1) is 14.7. The van der Waals surface area contributed by atoms with Gasteiger partial charge in [-0.25, -0.2) is 23.4 Å². The fraction of sp³-hybridized carbons (Fsp3) is 0.500. The SMILES string of the molecule is C[C@H]1COCCN1c1cc(C2(S(=O)(=O)c3cccnc3C(=O)N(C)C)CC2)nc(Cl)n1. The van der Waals surface area contributed by atoms with E-state index in [1.165, 1.54) is 23.2 Å². The fourth-order valence-corrected chi connectivity index (χ4v) is 6.09. The van der Waals surface area contributed by atoms with E-state index in [0.717, 1.165) is 0 Å². The molecule has 9 nitrogen and oxygen atoms in total. The Balaban J connectivity index is 1.79. The zero-order valence-corrected chi connectivity index (χ0v) is 19.1. The topological polar surface area (TPSA) is 106 Å². The molecule has 3 heterocycles. The molecule has 1 aliphatic heterocycles. The number of ether oxygens (including phenoxy) is 1. The van der Waals surface area contributed by atoms with Crippen molar-refractivity contribution in [1.82, 2.24) is 19.9 Å². The summed E-state index contributed by atoms with van der Waals surface area (Å²) in [6, 6.07) is 4.71. The lowest BCUT2D eigenvalue weighted by Crippen LogP contribution is -2.44. The van der Waals surface area contributed by atoms with E-state index in [2.05, 4.69) is 15.0 Å². The number of pyridine rings is 1. The number of carbonyl (C=O) groups is 1. The molecule has 0 bridgehead atoms. The molecule has 2 fully saturated rings. The van der Waals surface area contributed by atoms with Gasteiger partial charge < -0.3 is 14.5 Å². The summed E-state index contributed by atoms with van der Waals surface area (Å²) < 4.78 is 31.8. The van der Waals surface area contributed by atoms with Gasteiger partial charge in [0.25, 0.3) is 5.91 Å². The molecule has 4 rings (SSSR count). The van der Waals surface area contributed by atoms with Gasteiger partial charge in [0.2, 0.25) is 5.28 Å². The number of anilines is 1. The zero-order valence-electron chi connectivity index (χ0n) is 17.6. The summed E-state index contributed by atoms with van der Waals surface area (Å²) in [5, 5.41) is -0.0107. The molecular formula is C20H24ClN5O4S. The largest absolute Gasteiger partial charge is 0.377 e. The monoisotopic (exact) mass is 465 g/mol. The predicted molar refractivity (Wildman–Crippen MR) is 115 cm³/mol. The molecule has 166 valence electrons. The quantitative estimate of drug-likeness (QED) is 0.616. The van der Waals surface area contributed by atoms with Gasteiger partial charge >= 0.3 is 0 Å². The zero-order chi connectivity index (χ0) is 22.4. The minimum Gasteiger partial charge on any atom is -0.377 e. The van der Waals surface area contributed by atoms with Gasteiger partial charge in [-0.15, -0.1) is 0 Å². The van der Waals surface area contributed by atoms with Gasteiger partial charge in [0.1, 0.15) is 16.3 Å². The van der Waals surface area contributed by atoms with Crippen molar-refractivity contribution < 1.29 is 17.9 Å². The van der Waals surface area contributed by atoms with Crippen LogP contribution in [0.3, 0.4) is 0 Å². The van der Waals surface area contributed by atoms with Crippen LogP contribution in [0.5, 0.6) is 0 Å². The van der Waals surface area contributed by atoms with Crippen LogP contribution in [0.15, 0.2) is 29.3 Å². The molecule has 0 aromatic carbocycles. The third-order valence-corrected chi connectivity index (χ3v) is 8.43. The first-order valence-electron chi connectivity index (χ1n) is 9.98. The Labute approximate surface area is 186 Å². The van der Waals surface area contributed by atoms with Gasteiger partial charge in [0.15, 0.2) is 9.84 Å². The lowest BCUT2D eigenvalue weighted by atomic mass is 10.2. The van der Waals surface area contributed by atoms with Crippen LogP contribution in [0.25, 0.3) is 0 Å². The number of hydrogen-bond acceptors (Lipinski definition) is 8. The van der Waals surface area contributed by atoms with Crippen LogP contribution in [0.4, 0.5) is 5.82 Å². The van der Waals surface area contributed by atoms with Gasteiger partial charge in [0.05, 0.1) is 29.8 Å². The van der Waals surface area contributed by atoms with Crippen molar-refractivity contribution in [2.24, 2.45) is 0 Å². The van der Waals surface area contributed by atoms with E-state index in [0.29, 0.717) is 44.1 Å². The van der Waals surface area contributed by atoms with Crippen molar-refractivity contribution in [2.75, 3.05) is 38.8 Å². The van der Waals surface area contributed by atoms with Crippen molar-refractivity contribution >= 4 is 33.2 Å². The Morgan fingerprint density at radius 2 is 2.06 bits per heavy atom. The highest BCUT2D eigenvalue weighted by Crippen LogP contribution is 2.55. The van der Waals surface area contributed by atoms with E-state index < -0.39 is 20.5 Å². The average molecular weight is 466 g/mol. The van der Waals surface area contributed by atoms with E-state index in [1.807, 2.05) is 11.8 Å². The summed E-state index contributed by atoms with van der Waals surface area (Å²) >= 11 is 6.22. The lowest BCUT2D eigenvalue weighted by Gasteiger charge is -2.34. The van der Waals surface area contributed by atoms with E-state index in [9.17, 15) is 13.2 Å². The van der Waals surface area contributed by atoms with E-state index in [4.69, 9.17) is 16.3 Å². The van der Waals surface area contributed by atoms with Crippen LogP contribution in [0, 0.1) is 0 Å². The molecule has 1 amide bonds. The molecule has 1 atom stereocenters. The van der Waals surface area contributed by atoms with Crippen molar-refractivity contribution in [1.29, 1.82) is 0 Å². The minimum absolute atomic E-state index is 0.0107. The maximum atomic E-state index is 13.8. The number of hydrogen-bond donors (Lipinski definition) is 0. The second kappa shape index (κ2) is 7.99. The van der Waals surface area contributed by atoms with Gasteiger partial charge in [0, 0.05) is 32.9 Å².